The summed E-state index contributed by atoms with van der Waals surface area (Å²) in [6.45, 7) is 0.811. The van der Waals surface area contributed by atoms with Gasteiger partial charge < -0.3 is 9.84 Å². The predicted octanol–water partition coefficient (Wildman–Crippen LogP) is 3.67. The Balaban J connectivity index is 1.76. The van der Waals surface area contributed by atoms with Crippen LogP contribution >= 0.6 is 22.6 Å². The van der Waals surface area contributed by atoms with Crippen molar-refractivity contribution < 1.29 is 9.84 Å². The third-order valence-electron chi connectivity index (χ3n) is 4.47. The molecular formula is C15H19IO2. The van der Waals surface area contributed by atoms with Gasteiger partial charge in [0.2, 0.25) is 0 Å². The number of benzene rings is 1. The van der Waals surface area contributed by atoms with Crippen molar-refractivity contribution in [2.75, 3.05) is 6.61 Å². The highest BCUT2D eigenvalue weighted by molar-refractivity contribution is 14.1. The van der Waals surface area contributed by atoms with Gasteiger partial charge in [0, 0.05) is 10.2 Å². The van der Waals surface area contributed by atoms with Crippen LogP contribution in [-0.4, -0.2) is 17.3 Å². The Morgan fingerprint density at radius 3 is 2.78 bits per heavy atom. The summed E-state index contributed by atoms with van der Waals surface area (Å²) >= 11 is 2.31. The van der Waals surface area contributed by atoms with Gasteiger partial charge in [0.25, 0.3) is 0 Å². The van der Waals surface area contributed by atoms with Crippen molar-refractivity contribution in [3.8, 4) is 0 Å². The summed E-state index contributed by atoms with van der Waals surface area (Å²) < 4.78 is 7.10. The zero-order chi connectivity index (χ0) is 12.6. The summed E-state index contributed by atoms with van der Waals surface area (Å²) in [5.74, 6) is 0.356. The van der Waals surface area contributed by atoms with Crippen molar-refractivity contribution in [3.05, 3.63) is 33.4 Å². The lowest BCUT2D eigenvalue weighted by Gasteiger charge is -2.48. The minimum absolute atomic E-state index is 0.115. The van der Waals surface area contributed by atoms with Crippen LogP contribution in [0.1, 0.15) is 43.8 Å². The minimum atomic E-state index is -0.334. The van der Waals surface area contributed by atoms with E-state index in [4.69, 9.17) is 4.74 Å². The molecule has 1 saturated carbocycles. The van der Waals surface area contributed by atoms with E-state index < -0.39 is 0 Å². The number of hydrogen-bond donors (Lipinski definition) is 1. The van der Waals surface area contributed by atoms with E-state index in [1.165, 1.54) is 19.3 Å². The van der Waals surface area contributed by atoms with Crippen LogP contribution in [0.4, 0.5) is 0 Å². The normalized spacial score (nSPS) is 27.8. The molecule has 2 atom stereocenters. The predicted molar refractivity (Wildman–Crippen MR) is 79.4 cm³/mol. The monoisotopic (exact) mass is 358 g/mol. The summed E-state index contributed by atoms with van der Waals surface area (Å²) in [7, 11) is 0. The van der Waals surface area contributed by atoms with Crippen molar-refractivity contribution in [1.29, 1.82) is 0 Å². The highest BCUT2D eigenvalue weighted by Gasteiger charge is 2.44. The third kappa shape index (κ3) is 2.32. The maximum Gasteiger partial charge on any atom is 0.0830 e. The molecule has 1 spiro atoms. The van der Waals surface area contributed by atoms with Crippen molar-refractivity contribution in [2.45, 2.75) is 43.8 Å². The number of hydrogen-bond acceptors (Lipinski definition) is 2. The highest BCUT2D eigenvalue weighted by Crippen LogP contribution is 2.47. The fourth-order valence-corrected chi connectivity index (χ4v) is 3.93. The Morgan fingerprint density at radius 2 is 2.11 bits per heavy atom. The molecule has 0 radical (unpaired) electrons. The largest absolute Gasteiger partial charge is 0.388 e. The molecule has 0 aromatic heterocycles. The van der Waals surface area contributed by atoms with Crippen LogP contribution in [0.25, 0.3) is 0 Å². The van der Waals surface area contributed by atoms with Gasteiger partial charge in [-0.2, -0.15) is 0 Å². The van der Waals surface area contributed by atoms with Crippen molar-refractivity contribution in [2.24, 2.45) is 5.92 Å². The van der Waals surface area contributed by atoms with Crippen LogP contribution in [0.15, 0.2) is 24.3 Å². The van der Waals surface area contributed by atoms with Gasteiger partial charge in [-0.05, 0) is 72.2 Å². The Morgan fingerprint density at radius 1 is 1.33 bits per heavy atom. The Bertz CT molecular complexity index is 428. The second-order valence-corrected chi connectivity index (χ2v) is 6.77. The molecule has 1 N–H and O–H groups in total. The van der Waals surface area contributed by atoms with E-state index in [1.54, 1.807) is 0 Å². The molecule has 3 rings (SSSR count). The molecule has 1 saturated heterocycles. The third-order valence-corrected chi connectivity index (χ3v) is 5.45. The van der Waals surface area contributed by atoms with Crippen LogP contribution in [0, 0.1) is 9.49 Å². The first kappa shape index (κ1) is 12.9. The summed E-state index contributed by atoms with van der Waals surface area (Å²) in [6, 6.07) is 8.15. The molecule has 1 heterocycles. The van der Waals surface area contributed by atoms with Gasteiger partial charge in [-0.25, -0.2) is 0 Å². The number of aliphatic hydroxyl groups excluding tert-OH is 1. The molecule has 0 bridgehead atoms. The molecule has 1 aliphatic heterocycles. The SMILES string of the molecule is OC(c1ccccc1I)C1CCOC2(CCC2)C1. The topological polar surface area (TPSA) is 29.5 Å². The summed E-state index contributed by atoms with van der Waals surface area (Å²) in [6.07, 6.45) is 5.32. The van der Waals surface area contributed by atoms with Gasteiger partial charge in [0.15, 0.2) is 0 Å². The van der Waals surface area contributed by atoms with Crippen LogP contribution in [0.2, 0.25) is 0 Å². The molecule has 0 amide bonds. The van der Waals surface area contributed by atoms with E-state index in [9.17, 15) is 5.11 Å². The first-order valence-corrected chi connectivity index (χ1v) is 7.85. The maximum atomic E-state index is 10.6. The fourth-order valence-electron chi connectivity index (χ4n) is 3.22. The number of aliphatic hydroxyl groups is 1. The lowest BCUT2D eigenvalue weighted by atomic mass is 9.70. The summed E-state index contributed by atoms with van der Waals surface area (Å²) in [4.78, 5) is 0. The molecule has 1 aliphatic carbocycles. The fraction of sp³-hybridized carbons (Fsp3) is 0.600. The van der Waals surface area contributed by atoms with Gasteiger partial charge >= 0.3 is 0 Å². The second kappa shape index (κ2) is 5.10. The minimum Gasteiger partial charge on any atom is -0.388 e. The number of rotatable bonds is 2. The first-order chi connectivity index (χ1) is 8.70. The standard InChI is InChI=1S/C15H19IO2/c16-13-5-2-1-4-12(13)14(17)11-6-9-18-15(10-11)7-3-8-15/h1-2,4-5,11,14,17H,3,6-10H2. The van der Waals surface area contributed by atoms with Crippen molar-refractivity contribution in [1.82, 2.24) is 0 Å². The van der Waals surface area contributed by atoms with Crippen molar-refractivity contribution in [3.63, 3.8) is 0 Å². The van der Waals surface area contributed by atoms with Gasteiger partial charge in [-0.1, -0.05) is 18.2 Å². The van der Waals surface area contributed by atoms with Gasteiger partial charge in [-0.3, -0.25) is 0 Å². The Kier molecular flexibility index (Phi) is 3.65. The molecule has 3 heteroatoms. The van der Waals surface area contributed by atoms with Gasteiger partial charge in [0.1, 0.15) is 0 Å². The molecule has 1 aromatic carbocycles. The number of ether oxygens (including phenoxy) is 1. The van der Waals surface area contributed by atoms with E-state index in [-0.39, 0.29) is 11.7 Å². The van der Waals surface area contributed by atoms with E-state index >= 15 is 0 Å². The van der Waals surface area contributed by atoms with Gasteiger partial charge in [0.05, 0.1) is 11.7 Å². The molecule has 2 unspecified atom stereocenters. The zero-order valence-corrected chi connectivity index (χ0v) is 12.6. The smallest absolute Gasteiger partial charge is 0.0830 e. The Hall–Kier alpha value is -0.130. The van der Waals surface area contributed by atoms with E-state index in [0.29, 0.717) is 5.92 Å². The number of halogens is 1. The zero-order valence-electron chi connectivity index (χ0n) is 10.4. The molecule has 98 valence electrons. The van der Waals surface area contributed by atoms with E-state index in [1.807, 2.05) is 12.1 Å². The Labute approximate surface area is 122 Å². The average Bonchev–Trinajstić information content (AvgIpc) is 2.37. The van der Waals surface area contributed by atoms with Gasteiger partial charge in [-0.15, -0.1) is 0 Å². The van der Waals surface area contributed by atoms with E-state index in [0.717, 1.165) is 28.6 Å². The molecular weight excluding hydrogens is 339 g/mol. The van der Waals surface area contributed by atoms with Crippen molar-refractivity contribution >= 4 is 22.6 Å². The lowest BCUT2D eigenvalue weighted by Crippen LogP contribution is -2.46. The van der Waals surface area contributed by atoms with Crippen LogP contribution < -0.4 is 0 Å². The quantitative estimate of drug-likeness (QED) is 0.818. The van der Waals surface area contributed by atoms with E-state index in [2.05, 4.69) is 34.7 Å². The molecule has 2 aliphatic rings. The first-order valence-electron chi connectivity index (χ1n) is 6.77. The van der Waals surface area contributed by atoms with Crippen LogP contribution in [0.5, 0.6) is 0 Å². The van der Waals surface area contributed by atoms with Crippen LogP contribution in [0.3, 0.4) is 0 Å². The average molecular weight is 358 g/mol. The molecule has 2 fully saturated rings. The summed E-state index contributed by atoms with van der Waals surface area (Å²) in [5, 5.41) is 10.6. The second-order valence-electron chi connectivity index (χ2n) is 5.60. The maximum absolute atomic E-state index is 10.6. The molecule has 2 nitrogen and oxygen atoms in total. The lowest BCUT2D eigenvalue weighted by molar-refractivity contribution is -0.157. The highest BCUT2D eigenvalue weighted by atomic mass is 127. The van der Waals surface area contributed by atoms with Crippen LogP contribution in [-0.2, 0) is 4.74 Å². The summed E-state index contributed by atoms with van der Waals surface area (Å²) in [5.41, 5.74) is 1.20. The molecule has 18 heavy (non-hydrogen) atoms. The molecule has 1 aromatic rings.